The molecule has 150 valence electrons. The third-order valence-electron chi connectivity index (χ3n) is 5.64. The first-order valence-electron chi connectivity index (χ1n) is 9.98. The molecule has 5 heteroatoms. The molecule has 28 heavy (non-hydrogen) atoms. The number of carbonyl (C=O) groups is 1. The summed E-state index contributed by atoms with van der Waals surface area (Å²) in [5.74, 6) is 1.33. The zero-order valence-corrected chi connectivity index (χ0v) is 17.4. The minimum atomic E-state index is 0. The van der Waals surface area contributed by atoms with Crippen molar-refractivity contribution in [3.63, 3.8) is 0 Å². The molecule has 2 aliphatic heterocycles. The van der Waals surface area contributed by atoms with Gasteiger partial charge in [0.2, 0.25) is 5.91 Å². The highest BCUT2D eigenvalue weighted by Crippen LogP contribution is 2.32. The zero-order chi connectivity index (χ0) is 18.8. The van der Waals surface area contributed by atoms with Crippen LogP contribution in [0.2, 0.25) is 0 Å². The first-order chi connectivity index (χ1) is 13.1. The van der Waals surface area contributed by atoms with Gasteiger partial charge < -0.3 is 15.4 Å². The van der Waals surface area contributed by atoms with Crippen molar-refractivity contribution in [2.24, 2.45) is 5.92 Å². The number of halogens is 1. The number of hydrogen-bond donors (Lipinski definition) is 2. The summed E-state index contributed by atoms with van der Waals surface area (Å²) in [6.07, 6.45) is 3.09. The van der Waals surface area contributed by atoms with Crippen LogP contribution < -0.4 is 15.4 Å². The fourth-order valence-corrected chi connectivity index (χ4v) is 4.12. The van der Waals surface area contributed by atoms with E-state index in [1.54, 1.807) is 0 Å². The number of ether oxygens (including phenoxy) is 1. The van der Waals surface area contributed by atoms with Crippen LogP contribution in [0.15, 0.2) is 42.5 Å². The summed E-state index contributed by atoms with van der Waals surface area (Å²) in [6, 6.07) is 15.3. The lowest BCUT2D eigenvalue weighted by Crippen LogP contribution is -2.42. The zero-order valence-electron chi connectivity index (χ0n) is 16.5. The van der Waals surface area contributed by atoms with Gasteiger partial charge in [-0.1, -0.05) is 30.3 Å². The number of hydrogen-bond acceptors (Lipinski definition) is 3. The Bertz CT molecular complexity index is 822. The largest absolute Gasteiger partial charge is 0.490 e. The first-order valence-corrected chi connectivity index (χ1v) is 9.98. The molecule has 4 nitrogen and oxygen atoms in total. The van der Waals surface area contributed by atoms with Gasteiger partial charge in [0.1, 0.15) is 11.9 Å². The Morgan fingerprint density at radius 2 is 1.89 bits per heavy atom. The molecule has 4 rings (SSSR count). The molecule has 2 aliphatic rings. The number of amides is 1. The van der Waals surface area contributed by atoms with Crippen LogP contribution in [-0.2, 0) is 17.8 Å². The Morgan fingerprint density at radius 3 is 2.64 bits per heavy atom. The summed E-state index contributed by atoms with van der Waals surface area (Å²) in [5.41, 5.74) is 4.82. The molecule has 1 unspecified atom stereocenters. The molecule has 2 N–H and O–H groups in total. The van der Waals surface area contributed by atoms with E-state index >= 15 is 0 Å². The molecule has 2 aromatic rings. The molecule has 2 heterocycles. The Labute approximate surface area is 173 Å². The average Bonchev–Trinajstić information content (AvgIpc) is 3.05. The Morgan fingerprint density at radius 1 is 1.14 bits per heavy atom. The van der Waals surface area contributed by atoms with Crippen molar-refractivity contribution >= 4 is 18.3 Å². The fraction of sp³-hybridized carbons (Fsp3) is 0.435. The molecule has 2 aromatic carbocycles. The Hall–Kier alpha value is -2.04. The van der Waals surface area contributed by atoms with Crippen LogP contribution in [0.25, 0.3) is 11.1 Å². The molecule has 0 spiro atoms. The van der Waals surface area contributed by atoms with Crippen LogP contribution in [0.4, 0.5) is 0 Å². The molecule has 0 aromatic heterocycles. The molecular formula is C23H29ClN2O2. The molecule has 1 saturated heterocycles. The summed E-state index contributed by atoms with van der Waals surface area (Å²) < 4.78 is 5.78. The van der Waals surface area contributed by atoms with Gasteiger partial charge in [0.25, 0.3) is 0 Å². The maximum absolute atomic E-state index is 12.4. The number of carbonyl (C=O) groups excluding carboxylic acids is 1. The standard InChI is InChI=1S/C23H28N2O2.ClH/c1-15-11-20(9-10-24-15)23(26)25-14-17-3-5-18(6-4-17)19-7-8-22-21(13-19)12-16(2)27-22;/h3-8,13,15-16,20,24H,9-12,14H2,1-2H3,(H,25,26);1H/t15-,16?,20-;/m0./s1. The van der Waals surface area contributed by atoms with Crippen molar-refractivity contribution in [2.75, 3.05) is 6.54 Å². The normalized spacial score (nSPS) is 23.3. The van der Waals surface area contributed by atoms with E-state index in [1.165, 1.54) is 16.7 Å². The van der Waals surface area contributed by atoms with Gasteiger partial charge in [-0.3, -0.25) is 4.79 Å². The van der Waals surface area contributed by atoms with Gasteiger partial charge >= 0.3 is 0 Å². The van der Waals surface area contributed by atoms with Crippen LogP contribution in [0.5, 0.6) is 5.75 Å². The molecule has 0 aliphatic carbocycles. The van der Waals surface area contributed by atoms with Gasteiger partial charge in [-0.05, 0) is 67.6 Å². The van der Waals surface area contributed by atoms with Crippen LogP contribution in [-0.4, -0.2) is 24.6 Å². The maximum Gasteiger partial charge on any atom is 0.223 e. The number of fused-ring (bicyclic) bond motifs is 1. The Balaban J connectivity index is 0.00000225. The number of nitrogens with one attached hydrogen (secondary N) is 2. The lowest BCUT2D eigenvalue weighted by Gasteiger charge is -2.27. The highest BCUT2D eigenvalue weighted by molar-refractivity contribution is 5.85. The summed E-state index contributed by atoms with van der Waals surface area (Å²) in [7, 11) is 0. The fourth-order valence-electron chi connectivity index (χ4n) is 4.12. The van der Waals surface area contributed by atoms with Gasteiger partial charge in [-0.15, -0.1) is 12.4 Å². The quantitative estimate of drug-likeness (QED) is 0.812. The summed E-state index contributed by atoms with van der Waals surface area (Å²) >= 11 is 0. The Kier molecular flexibility index (Phi) is 6.63. The van der Waals surface area contributed by atoms with Gasteiger partial charge in [0.15, 0.2) is 0 Å². The molecule has 1 amide bonds. The van der Waals surface area contributed by atoms with Crippen LogP contribution >= 0.6 is 12.4 Å². The van der Waals surface area contributed by atoms with E-state index in [0.29, 0.717) is 12.6 Å². The third kappa shape index (κ3) is 4.68. The monoisotopic (exact) mass is 400 g/mol. The van der Waals surface area contributed by atoms with E-state index < -0.39 is 0 Å². The highest BCUT2D eigenvalue weighted by Gasteiger charge is 2.24. The van der Waals surface area contributed by atoms with Crippen molar-refractivity contribution in [3.05, 3.63) is 53.6 Å². The summed E-state index contributed by atoms with van der Waals surface area (Å²) in [6.45, 7) is 5.77. The lowest BCUT2D eigenvalue weighted by atomic mass is 9.92. The highest BCUT2D eigenvalue weighted by atomic mass is 35.5. The van der Waals surface area contributed by atoms with E-state index in [4.69, 9.17) is 4.74 Å². The number of piperidine rings is 1. The van der Waals surface area contributed by atoms with E-state index in [0.717, 1.165) is 37.1 Å². The van der Waals surface area contributed by atoms with Crippen molar-refractivity contribution in [1.82, 2.24) is 10.6 Å². The van der Waals surface area contributed by atoms with Gasteiger partial charge in [0, 0.05) is 24.9 Å². The average molecular weight is 401 g/mol. The van der Waals surface area contributed by atoms with Crippen LogP contribution in [0, 0.1) is 5.92 Å². The van der Waals surface area contributed by atoms with Crippen LogP contribution in [0.1, 0.15) is 37.8 Å². The van der Waals surface area contributed by atoms with E-state index in [9.17, 15) is 4.79 Å². The number of benzene rings is 2. The smallest absolute Gasteiger partial charge is 0.223 e. The second-order valence-corrected chi connectivity index (χ2v) is 7.95. The van der Waals surface area contributed by atoms with Crippen molar-refractivity contribution in [2.45, 2.75) is 51.8 Å². The topological polar surface area (TPSA) is 50.4 Å². The molecular weight excluding hydrogens is 372 g/mol. The minimum Gasteiger partial charge on any atom is -0.490 e. The number of rotatable bonds is 4. The first kappa shape index (κ1) is 20.7. The second kappa shape index (κ2) is 8.97. The van der Waals surface area contributed by atoms with Gasteiger partial charge in [-0.2, -0.15) is 0 Å². The van der Waals surface area contributed by atoms with E-state index in [1.807, 2.05) is 0 Å². The molecule has 0 bridgehead atoms. The van der Waals surface area contributed by atoms with Crippen LogP contribution in [0.3, 0.4) is 0 Å². The SMILES string of the molecule is CC1Cc2cc(-c3ccc(CNC(=O)[C@H]4CCN[C@@H](C)C4)cc3)ccc2O1.Cl. The molecule has 3 atom stereocenters. The molecule has 0 radical (unpaired) electrons. The predicted octanol–water partition coefficient (Wildman–Crippen LogP) is 4.10. The minimum absolute atomic E-state index is 0. The lowest BCUT2D eigenvalue weighted by molar-refractivity contribution is -0.126. The maximum atomic E-state index is 12.4. The van der Waals surface area contributed by atoms with Gasteiger partial charge in [-0.25, -0.2) is 0 Å². The van der Waals surface area contributed by atoms with E-state index in [2.05, 4.69) is 66.9 Å². The van der Waals surface area contributed by atoms with Gasteiger partial charge in [0.05, 0.1) is 0 Å². The predicted molar refractivity (Wildman–Crippen MR) is 115 cm³/mol. The molecule has 0 saturated carbocycles. The summed E-state index contributed by atoms with van der Waals surface area (Å²) in [4.78, 5) is 12.4. The van der Waals surface area contributed by atoms with E-state index in [-0.39, 0.29) is 30.3 Å². The summed E-state index contributed by atoms with van der Waals surface area (Å²) in [5, 5.41) is 6.50. The van der Waals surface area contributed by atoms with Crippen molar-refractivity contribution < 1.29 is 9.53 Å². The molecule has 1 fully saturated rings. The second-order valence-electron chi connectivity index (χ2n) is 7.95. The van der Waals surface area contributed by atoms with Crippen molar-refractivity contribution in [1.29, 1.82) is 0 Å². The third-order valence-corrected chi connectivity index (χ3v) is 5.64. The van der Waals surface area contributed by atoms with Crippen molar-refractivity contribution in [3.8, 4) is 16.9 Å².